The lowest BCUT2D eigenvalue weighted by molar-refractivity contribution is -0.150. The fourth-order valence-electron chi connectivity index (χ4n) is 1.79. The first-order valence-corrected chi connectivity index (χ1v) is 6.74. The molecule has 0 spiro atoms. The maximum absolute atomic E-state index is 12.1. The Labute approximate surface area is 100 Å². The van der Waals surface area contributed by atoms with E-state index in [-0.39, 0.29) is 17.2 Å². The van der Waals surface area contributed by atoms with Crippen molar-refractivity contribution >= 4 is 23.6 Å². The highest BCUT2D eigenvalue weighted by Gasteiger charge is 2.41. The van der Waals surface area contributed by atoms with Gasteiger partial charge in [-0.2, -0.15) is 0 Å². The molecule has 1 aliphatic heterocycles. The number of carboxylic acid groups (broad SMARTS) is 1. The zero-order chi connectivity index (χ0) is 12.3. The van der Waals surface area contributed by atoms with Crippen molar-refractivity contribution < 1.29 is 14.7 Å². The molecule has 16 heavy (non-hydrogen) atoms. The third kappa shape index (κ3) is 2.51. The number of carboxylic acids is 1. The van der Waals surface area contributed by atoms with E-state index in [2.05, 4.69) is 0 Å². The van der Waals surface area contributed by atoms with Crippen LogP contribution in [0.2, 0.25) is 0 Å². The molecule has 92 valence electrons. The fraction of sp³-hybridized carbons (Fsp3) is 0.818. The molecule has 0 aliphatic carbocycles. The van der Waals surface area contributed by atoms with Crippen LogP contribution in [0.15, 0.2) is 0 Å². The van der Waals surface area contributed by atoms with Crippen LogP contribution in [0, 0.1) is 5.92 Å². The molecule has 0 aromatic heterocycles. The molecule has 1 rings (SSSR count). The lowest BCUT2D eigenvalue weighted by Crippen LogP contribution is -2.47. The molecule has 4 nitrogen and oxygen atoms in total. The van der Waals surface area contributed by atoms with Gasteiger partial charge in [-0.1, -0.05) is 20.8 Å². The molecule has 0 aromatic rings. The number of aliphatic carboxylic acids is 1. The largest absolute Gasteiger partial charge is 0.480 e. The summed E-state index contributed by atoms with van der Waals surface area (Å²) >= 11 is 1.57. The van der Waals surface area contributed by atoms with Gasteiger partial charge in [0.1, 0.15) is 6.04 Å². The molecule has 1 N–H and O–H groups in total. The van der Waals surface area contributed by atoms with Crippen LogP contribution in [0.5, 0.6) is 0 Å². The monoisotopic (exact) mass is 245 g/mol. The fourth-order valence-corrected chi connectivity index (χ4v) is 3.15. The van der Waals surface area contributed by atoms with Gasteiger partial charge in [0.2, 0.25) is 5.91 Å². The molecule has 3 atom stereocenters. The van der Waals surface area contributed by atoms with Gasteiger partial charge in [-0.15, -0.1) is 11.8 Å². The van der Waals surface area contributed by atoms with Gasteiger partial charge in [0.05, 0.1) is 5.37 Å². The molecule has 1 heterocycles. The van der Waals surface area contributed by atoms with Gasteiger partial charge in [0.15, 0.2) is 0 Å². The molecule has 0 bridgehead atoms. The van der Waals surface area contributed by atoms with E-state index in [4.69, 9.17) is 5.11 Å². The van der Waals surface area contributed by atoms with E-state index in [1.54, 1.807) is 16.7 Å². The lowest BCUT2D eigenvalue weighted by atomic mass is 10.1. The van der Waals surface area contributed by atoms with Crippen LogP contribution in [0.25, 0.3) is 0 Å². The number of hydrogen-bond donors (Lipinski definition) is 1. The van der Waals surface area contributed by atoms with E-state index in [1.165, 1.54) is 0 Å². The van der Waals surface area contributed by atoms with Crippen LogP contribution >= 0.6 is 11.8 Å². The second kappa shape index (κ2) is 5.57. The molecule has 0 radical (unpaired) electrons. The number of amides is 1. The quantitative estimate of drug-likeness (QED) is 0.820. The molecule has 0 saturated carbocycles. The molecule has 3 unspecified atom stereocenters. The zero-order valence-electron chi connectivity index (χ0n) is 9.97. The van der Waals surface area contributed by atoms with Gasteiger partial charge in [-0.3, -0.25) is 4.79 Å². The standard InChI is InChI=1S/C11H19NO3S/c1-4-7(3)10(13)12-8(11(14)15)6-16-9(12)5-2/h7-9H,4-6H2,1-3H3,(H,14,15). The first kappa shape index (κ1) is 13.4. The molecule has 1 fully saturated rings. The average Bonchev–Trinajstić information content (AvgIpc) is 2.70. The summed E-state index contributed by atoms with van der Waals surface area (Å²) in [5, 5.41) is 9.12. The van der Waals surface area contributed by atoms with Gasteiger partial charge in [-0.05, 0) is 12.8 Å². The maximum Gasteiger partial charge on any atom is 0.327 e. The van der Waals surface area contributed by atoms with Gasteiger partial charge in [-0.25, -0.2) is 4.79 Å². The van der Waals surface area contributed by atoms with Gasteiger partial charge >= 0.3 is 5.97 Å². The Bertz CT molecular complexity index is 282. The Kier molecular flexibility index (Phi) is 4.65. The van der Waals surface area contributed by atoms with Crippen LogP contribution in [0.3, 0.4) is 0 Å². The molecule has 0 aromatic carbocycles. The molecular weight excluding hydrogens is 226 g/mol. The number of thioether (sulfide) groups is 1. The molecule has 1 saturated heterocycles. The summed E-state index contributed by atoms with van der Waals surface area (Å²) in [6, 6.07) is -0.642. The minimum absolute atomic E-state index is 0.0215. The maximum atomic E-state index is 12.1. The second-order valence-corrected chi connectivity index (χ2v) is 5.32. The van der Waals surface area contributed by atoms with E-state index in [9.17, 15) is 9.59 Å². The predicted octanol–water partition coefficient (Wildman–Crippen LogP) is 1.80. The van der Waals surface area contributed by atoms with Crippen LogP contribution in [0.4, 0.5) is 0 Å². The summed E-state index contributed by atoms with van der Waals surface area (Å²) in [6.07, 6.45) is 1.55. The average molecular weight is 245 g/mol. The van der Waals surface area contributed by atoms with Crippen molar-refractivity contribution in [2.45, 2.75) is 45.0 Å². The number of carbonyl (C=O) groups is 2. The number of hydrogen-bond acceptors (Lipinski definition) is 3. The number of nitrogens with zero attached hydrogens (tertiary/aromatic N) is 1. The van der Waals surface area contributed by atoms with Crippen molar-refractivity contribution in [3.8, 4) is 0 Å². The van der Waals surface area contributed by atoms with Crippen molar-refractivity contribution in [3.05, 3.63) is 0 Å². The SMILES string of the molecule is CCC(C)C(=O)N1C(CC)SCC1C(=O)O. The highest BCUT2D eigenvalue weighted by molar-refractivity contribution is 8.00. The molecular formula is C11H19NO3S. The topological polar surface area (TPSA) is 57.6 Å². The Morgan fingerprint density at radius 3 is 2.56 bits per heavy atom. The van der Waals surface area contributed by atoms with Crippen LogP contribution < -0.4 is 0 Å². The van der Waals surface area contributed by atoms with Gasteiger partial charge in [0.25, 0.3) is 0 Å². The summed E-state index contributed by atoms with van der Waals surface area (Å²) in [4.78, 5) is 24.8. The summed E-state index contributed by atoms with van der Waals surface area (Å²) in [5.74, 6) is -0.489. The zero-order valence-corrected chi connectivity index (χ0v) is 10.8. The van der Waals surface area contributed by atoms with Crippen molar-refractivity contribution in [1.29, 1.82) is 0 Å². The normalized spacial score (nSPS) is 26.8. The Morgan fingerprint density at radius 1 is 1.50 bits per heavy atom. The van der Waals surface area contributed by atoms with Crippen LogP contribution in [0.1, 0.15) is 33.6 Å². The summed E-state index contributed by atoms with van der Waals surface area (Å²) in [7, 11) is 0. The first-order chi connectivity index (χ1) is 7.52. The number of carbonyl (C=O) groups excluding carboxylic acids is 1. The summed E-state index contributed by atoms with van der Waals surface area (Å²) in [5.41, 5.74) is 0. The molecule has 5 heteroatoms. The van der Waals surface area contributed by atoms with Crippen molar-refractivity contribution in [1.82, 2.24) is 4.90 Å². The van der Waals surface area contributed by atoms with Gasteiger partial charge in [0, 0.05) is 11.7 Å². The Hall–Kier alpha value is -0.710. The minimum atomic E-state index is -0.889. The van der Waals surface area contributed by atoms with E-state index >= 15 is 0 Å². The summed E-state index contributed by atoms with van der Waals surface area (Å²) < 4.78 is 0. The highest BCUT2D eigenvalue weighted by Crippen LogP contribution is 2.32. The summed E-state index contributed by atoms with van der Waals surface area (Å²) in [6.45, 7) is 5.79. The van der Waals surface area contributed by atoms with E-state index < -0.39 is 12.0 Å². The van der Waals surface area contributed by atoms with Crippen LogP contribution in [-0.2, 0) is 9.59 Å². The van der Waals surface area contributed by atoms with Gasteiger partial charge < -0.3 is 10.0 Å². The van der Waals surface area contributed by atoms with E-state index in [0.717, 1.165) is 12.8 Å². The highest BCUT2D eigenvalue weighted by atomic mass is 32.2. The Balaban J connectivity index is 2.85. The van der Waals surface area contributed by atoms with Crippen molar-refractivity contribution in [3.63, 3.8) is 0 Å². The molecule has 1 aliphatic rings. The first-order valence-electron chi connectivity index (χ1n) is 5.69. The van der Waals surface area contributed by atoms with Crippen molar-refractivity contribution in [2.24, 2.45) is 5.92 Å². The van der Waals surface area contributed by atoms with Crippen molar-refractivity contribution in [2.75, 3.05) is 5.75 Å². The lowest BCUT2D eigenvalue weighted by Gasteiger charge is -2.29. The molecule has 1 amide bonds. The predicted molar refractivity (Wildman–Crippen MR) is 64.3 cm³/mol. The smallest absolute Gasteiger partial charge is 0.327 e. The number of rotatable bonds is 4. The van der Waals surface area contributed by atoms with E-state index in [0.29, 0.717) is 5.75 Å². The second-order valence-electron chi connectivity index (χ2n) is 4.11. The van der Waals surface area contributed by atoms with Crippen LogP contribution in [-0.4, -0.2) is 39.1 Å². The van der Waals surface area contributed by atoms with E-state index in [1.807, 2.05) is 20.8 Å². The third-order valence-electron chi connectivity index (χ3n) is 3.02. The third-order valence-corrected chi connectivity index (χ3v) is 4.47. The minimum Gasteiger partial charge on any atom is -0.480 e. The Morgan fingerprint density at radius 2 is 2.12 bits per heavy atom.